The van der Waals surface area contributed by atoms with Gasteiger partial charge in [-0.1, -0.05) is 12.8 Å². The molecular weight excluding hydrogens is 228 g/mol. The van der Waals surface area contributed by atoms with Gasteiger partial charge in [-0.15, -0.1) is 0 Å². The van der Waals surface area contributed by atoms with Crippen LogP contribution in [0.4, 0.5) is 5.82 Å². The third kappa shape index (κ3) is 1.98. The Hall–Kier alpha value is -1.52. The van der Waals surface area contributed by atoms with Gasteiger partial charge >= 0.3 is 0 Å². The van der Waals surface area contributed by atoms with Crippen molar-refractivity contribution < 1.29 is 4.79 Å². The van der Waals surface area contributed by atoms with E-state index < -0.39 is 0 Å². The topological polar surface area (TPSA) is 64.2 Å². The lowest BCUT2D eigenvalue weighted by atomic mass is 10.2. The second-order valence-electron chi connectivity index (χ2n) is 5.34. The van der Waals surface area contributed by atoms with Crippen molar-refractivity contribution in [3.63, 3.8) is 0 Å². The zero-order valence-electron chi connectivity index (χ0n) is 10.6. The molecule has 2 heterocycles. The third-order valence-corrected chi connectivity index (χ3v) is 4.04. The number of carbonyl (C=O) groups is 1. The Morgan fingerprint density at radius 3 is 2.56 bits per heavy atom. The first-order valence-corrected chi connectivity index (χ1v) is 6.90. The summed E-state index contributed by atoms with van der Waals surface area (Å²) >= 11 is 0. The number of aromatic nitrogens is 2. The van der Waals surface area contributed by atoms with Crippen molar-refractivity contribution in [2.24, 2.45) is 0 Å². The van der Waals surface area contributed by atoms with Crippen LogP contribution in [0.1, 0.15) is 55.1 Å². The fourth-order valence-electron chi connectivity index (χ4n) is 3.08. The number of nitrogens with zero attached hydrogens (tertiary/aromatic N) is 3. The van der Waals surface area contributed by atoms with Gasteiger partial charge in [0.05, 0.1) is 6.04 Å². The molecule has 1 aliphatic carbocycles. The van der Waals surface area contributed by atoms with Crippen molar-refractivity contribution in [2.75, 3.05) is 18.8 Å². The molecule has 5 nitrogen and oxygen atoms in total. The van der Waals surface area contributed by atoms with Gasteiger partial charge in [0.15, 0.2) is 0 Å². The SMILES string of the molecule is Nc1cc(C(=O)N2CCCC2)n(C2CCCC2)n1. The molecule has 0 bridgehead atoms. The predicted octanol–water partition coefficient (Wildman–Crippen LogP) is 1.82. The van der Waals surface area contributed by atoms with E-state index in [1.807, 2.05) is 9.58 Å². The van der Waals surface area contributed by atoms with Gasteiger partial charge in [-0.2, -0.15) is 5.10 Å². The van der Waals surface area contributed by atoms with E-state index in [9.17, 15) is 4.79 Å². The van der Waals surface area contributed by atoms with Gasteiger partial charge in [0.25, 0.3) is 5.91 Å². The quantitative estimate of drug-likeness (QED) is 0.868. The van der Waals surface area contributed by atoms with Crippen molar-refractivity contribution >= 4 is 11.7 Å². The van der Waals surface area contributed by atoms with E-state index in [1.54, 1.807) is 6.07 Å². The van der Waals surface area contributed by atoms with Gasteiger partial charge in [0, 0.05) is 19.2 Å². The van der Waals surface area contributed by atoms with Crippen LogP contribution in [-0.4, -0.2) is 33.7 Å². The zero-order chi connectivity index (χ0) is 12.5. The van der Waals surface area contributed by atoms with Crippen molar-refractivity contribution in [2.45, 2.75) is 44.6 Å². The number of anilines is 1. The van der Waals surface area contributed by atoms with Crippen LogP contribution in [0.25, 0.3) is 0 Å². The Kier molecular flexibility index (Phi) is 2.97. The van der Waals surface area contributed by atoms with Crippen LogP contribution >= 0.6 is 0 Å². The fraction of sp³-hybridized carbons (Fsp3) is 0.692. The van der Waals surface area contributed by atoms with Crippen LogP contribution in [0.2, 0.25) is 0 Å². The van der Waals surface area contributed by atoms with E-state index in [-0.39, 0.29) is 5.91 Å². The van der Waals surface area contributed by atoms with Crippen molar-refractivity contribution in [1.29, 1.82) is 0 Å². The van der Waals surface area contributed by atoms with E-state index in [0.29, 0.717) is 17.6 Å². The molecule has 2 fully saturated rings. The molecule has 2 N–H and O–H groups in total. The number of nitrogens with two attached hydrogens (primary N) is 1. The lowest BCUT2D eigenvalue weighted by Crippen LogP contribution is -2.30. The summed E-state index contributed by atoms with van der Waals surface area (Å²) in [6, 6.07) is 2.10. The normalized spacial score (nSPS) is 20.8. The molecule has 0 aromatic carbocycles. The minimum Gasteiger partial charge on any atom is -0.382 e. The summed E-state index contributed by atoms with van der Waals surface area (Å²) in [4.78, 5) is 14.4. The minimum atomic E-state index is 0.101. The molecule has 18 heavy (non-hydrogen) atoms. The van der Waals surface area contributed by atoms with Gasteiger partial charge < -0.3 is 10.6 Å². The minimum absolute atomic E-state index is 0.101. The molecule has 3 rings (SSSR count). The van der Waals surface area contributed by atoms with E-state index in [2.05, 4.69) is 5.10 Å². The molecule has 0 atom stereocenters. The average Bonchev–Trinajstić information content (AvgIpc) is 3.09. The van der Waals surface area contributed by atoms with Crippen LogP contribution in [0.5, 0.6) is 0 Å². The highest BCUT2D eigenvalue weighted by atomic mass is 16.2. The summed E-state index contributed by atoms with van der Waals surface area (Å²) in [5.41, 5.74) is 6.46. The van der Waals surface area contributed by atoms with Crippen molar-refractivity contribution in [1.82, 2.24) is 14.7 Å². The summed E-state index contributed by atoms with van der Waals surface area (Å²) in [6.07, 6.45) is 6.89. The maximum absolute atomic E-state index is 12.4. The first-order valence-electron chi connectivity index (χ1n) is 6.90. The van der Waals surface area contributed by atoms with Gasteiger partial charge in [-0.3, -0.25) is 9.48 Å². The summed E-state index contributed by atoms with van der Waals surface area (Å²) in [5.74, 6) is 0.563. The molecule has 98 valence electrons. The second-order valence-corrected chi connectivity index (χ2v) is 5.34. The van der Waals surface area contributed by atoms with Gasteiger partial charge in [0.2, 0.25) is 0 Å². The van der Waals surface area contributed by atoms with Crippen LogP contribution < -0.4 is 5.73 Å². The number of hydrogen-bond acceptors (Lipinski definition) is 3. The highest BCUT2D eigenvalue weighted by molar-refractivity contribution is 5.93. The van der Waals surface area contributed by atoms with Crippen LogP contribution in [0.15, 0.2) is 6.07 Å². The van der Waals surface area contributed by atoms with E-state index >= 15 is 0 Å². The highest BCUT2D eigenvalue weighted by Crippen LogP contribution is 2.31. The monoisotopic (exact) mass is 248 g/mol. The maximum atomic E-state index is 12.4. The fourth-order valence-corrected chi connectivity index (χ4v) is 3.08. The van der Waals surface area contributed by atoms with Gasteiger partial charge in [0.1, 0.15) is 11.5 Å². The smallest absolute Gasteiger partial charge is 0.272 e. The largest absolute Gasteiger partial charge is 0.382 e. The molecule has 2 aliphatic rings. The molecule has 0 radical (unpaired) electrons. The first kappa shape index (κ1) is 11.6. The molecule has 5 heteroatoms. The molecule has 1 aromatic rings. The first-order chi connectivity index (χ1) is 8.75. The predicted molar refractivity (Wildman–Crippen MR) is 69.3 cm³/mol. The van der Waals surface area contributed by atoms with Crippen molar-refractivity contribution in [3.8, 4) is 0 Å². The van der Waals surface area contributed by atoms with E-state index in [0.717, 1.165) is 38.8 Å². The Balaban J connectivity index is 1.87. The van der Waals surface area contributed by atoms with Crippen molar-refractivity contribution in [3.05, 3.63) is 11.8 Å². The standard InChI is InChI=1S/C13H20N4O/c14-12-9-11(13(18)16-7-3-4-8-16)17(15-12)10-5-1-2-6-10/h9-10H,1-8H2,(H2,14,15). The molecule has 1 aliphatic heterocycles. The average molecular weight is 248 g/mol. The number of amides is 1. The number of carbonyl (C=O) groups excluding carboxylic acids is 1. The van der Waals surface area contributed by atoms with Gasteiger partial charge in [-0.25, -0.2) is 0 Å². The Labute approximate surface area is 107 Å². The van der Waals surface area contributed by atoms with E-state index in [1.165, 1.54) is 12.8 Å². The number of nitrogen functional groups attached to an aromatic ring is 1. The Bertz CT molecular complexity index is 442. The number of rotatable bonds is 2. The van der Waals surface area contributed by atoms with Gasteiger partial charge in [-0.05, 0) is 25.7 Å². The number of hydrogen-bond donors (Lipinski definition) is 1. The second kappa shape index (κ2) is 4.63. The highest BCUT2D eigenvalue weighted by Gasteiger charge is 2.27. The lowest BCUT2D eigenvalue weighted by molar-refractivity contribution is 0.0777. The Morgan fingerprint density at radius 2 is 1.89 bits per heavy atom. The summed E-state index contributed by atoms with van der Waals surface area (Å²) in [5, 5.41) is 4.33. The molecule has 0 spiro atoms. The number of likely N-dealkylation sites (tertiary alicyclic amines) is 1. The molecule has 0 unspecified atom stereocenters. The molecule has 1 amide bonds. The maximum Gasteiger partial charge on any atom is 0.272 e. The third-order valence-electron chi connectivity index (χ3n) is 4.04. The summed E-state index contributed by atoms with van der Waals surface area (Å²) < 4.78 is 1.88. The molecule has 1 saturated carbocycles. The van der Waals surface area contributed by atoms with Crippen LogP contribution in [0.3, 0.4) is 0 Å². The van der Waals surface area contributed by atoms with Crippen LogP contribution in [-0.2, 0) is 0 Å². The zero-order valence-corrected chi connectivity index (χ0v) is 10.6. The molecule has 1 saturated heterocycles. The Morgan fingerprint density at radius 1 is 1.22 bits per heavy atom. The summed E-state index contributed by atoms with van der Waals surface area (Å²) in [7, 11) is 0. The van der Waals surface area contributed by atoms with E-state index in [4.69, 9.17) is 5.73 Å². The van der Waals surface area contributed by atoms with Crippen LogP contribution in [0, 0.1) is 0 Å². The lowest BCUT2D eigenvalue weighted by Gasteiger charge is -2.18. The summed E-state index contributed by atoms with van der Waals surface area (Å²) in [6.45, 7) is 1.74. The molecular formula is C13H20N4O. The molecule has 1 aromatic heterocycles.